The molecule has 0 radical (unpaired) electrons. The molecule has 0 amide bonds. The summed E-state index contributed by atoms with van der Waals surface area (Å²) in [6, 6.07) is 26.9. The number of nitro benzene ring substituents is 1. The lowest BCUT2D eigenvalue weighted by molar-refractivity contribution is -0.384. The molecule has 210 valence electrons. The van der Waals surface area contributed by atoms with Crippen LogP contribution in [-0.4, -0.2) is 24.6 Å². The molecule has 1 N–H and O–H groups in total. The second-order valence-electron chi connectivity index (χ2n) is 10.1. The highest BCUT2D eigenvalue weighted by Crippen LogP contribution is 2.44. The van der Waals surface area contributed by atoms with Crippen molar-refractivity contribution in [3.63, 3.8) is 0 Å². The first-order chi connectivity index (χ1) is 20.4. The minimum Gasteiger partial charge on any atom is -0.351 e. The molecule has 0 bridgehead atoms. The van der Waals surface area contributed by atoms with Crippen LogP contribution < -0.4 is 10.2 Å². The maximum atomic E-state index is 11.0. The number of benzene rings is 2. The van der Waals surface area contributed by atoms with Crippen molar-refractivity contribution < 1.29 is 4.92 Å². The standard InChI is InChI=1S/C32H28N6O2S2/c1-21-19-28(22(2)36(21)20-23-14-17-33-18-15-23)31-30(29-5-3-4-16-34-29)35-32(41)37(31)24-6-10-26(11-7-24)42-27-12-8-25(9-13-27)38(39)40/h3-19,30-31H,20H2,1-2H3,(H,35,41)/t30-,31-/m0/s1. The number of hydrogen-bond donors (Lipinski definition) is 1. The fourth-order valence-electron chi connectivity index (χ4n) is 5.44. The number of rotatable bonds is 8. The average molecular weight is 593 g/mol. The summed E-state index contributed by atoms with van der Waals surface area (Å²) < 4.78 is 2.34. The topological polar surface area (TPSA) is 89.1 Å². The lowest BCUT2D eigenvalue weighted by Crippen LogP contribution is -2.29. The van der Waals surface area contributed by atoms with E-state index >= 15 is 0 Å². The number of nitrogens with one attached hydrogen (secondary N) is 1. The van der Waals surface area contributed by atoms with Crippen LogP contribution in [-0.2, 0) is 6.54 Å². The summed E-state index contributed by atoms with van der Waals surface area (Å²) in [6.45, 7) is 5.07. The van der Waals surface area contributed by atoms with E-state index in [-0.39, 0.29) is 22.7 Å². The molecule has 0 spiro atoms. The van der Waals surface area contributed by atoms with E-state index in [0.717, 1.165) is 27.7 Å². The van der Waals surface area contributed by atoms with Gasteiger partial charge in [0.25, 0.3) is 5.69 Å². The van der Waals surface area contributed by atoms with Gasteiger partial charge in [-0.25, -0.2) is 0 Å². The molecular formula is C32H28N6O2S2. The second-order valence-corrected chi connectivity index (χ2v) is 11.6. The summed E-state index contributed by atoms with van der Waals surface area (Å²) >= 11 is 7.50. The Labute approximate surface area is 253 Å². The Bertz CT molecular complexity index is 1730. The molecule has 4 heterocycles. The zero-order valence-corrected chi connectivity index (χ0v) is 24.7. The van der Waals surface area contributed by atoms with Gasteiger partial charge < -0.3 is 14.8 Å². The van der Waals surface area contributed by atoms with E-state index in [0.29, 0.717) is 5.11 Å². The molecule has 0 unspecified atom stereocenters. The van der Waals surface area contributed by atoms with Crippen LogP contribution in [0, 0.1) is 24.0 Å². The third-order valence-corrected chi connectivity index (χ3v) is 8.85. The van der Waals surface area contributed by atoms with Gasteiger partial charge in [0.05, 0.1) is 22.7 Å². The molecule has 0 aliphatic carbocycles. The van der Waals surface area contributed by atoms with Crippen LogP contribution in [0.2, 0.25) is 0 Å². The molecule has 6 rings (SSSR count). The van der Waals surface area contributed by atoms with Gasteiger partial charge in [-0.2, -0.15) is 0 Å². The van der Waals surface area contributed by atoms with Gasteiger partial charge in [-0.05, 0) is 104 Å². The van der Waals surface area contributed by atoms with E-state index in [1.807, 2.05) is 48.9 Å². The maximum absolute atomic E-state index is 11.0. The highest BCUT2D eigenvalue weighted by molar-refractivity contribution is 7.99. The quantitative estimate of drug-likeness (QED) is 0.115. The van der Waals surface area contributed by atoms with E-state index in [9.17, 15) is 10.1 Å². The number of aromatic nitrogens is 3. The summed E-state index contributed by atoms with van der Waals surface area (Å²) in [7, 11) is 0. The number of nitro groups is 1. The molecular weight excluding hydrogens is 565 g/mol. The molecule has 42 heavy (non-hydrogen) atoms. The second kappa shape index (κ2) is 11.8. The highest BCUT2D eigenvalue weighted by Gasteiger charge is 2.42. The highest BCUT2D eigenvalue weighted by atomic mass is 32.2. The van der Waals surface area contributed by atoms with Gasteiger partial charge in [0.15, 0.2) is 5.11 Å². The van der Waals surface area contributed by atoms with E-state index in [1.165, 1.54) is 34.6 Å². The monoisotopic (exact) mass is 592 g/mol. The molecule has 1 fully saturated rings. The number of thiocarbonyl (C=S) groups is 1. The third kappa shape index (κ3) is 5.50. The van der Waals surface area contributed by atoms with Gasteiger partial charge in [0.1, 0.15) is 0 Å². The van der Waals surface area contributed by atoms with Crippen molar-refractivity contribution in [1.29, 1.82) is 0 Å². The molecule has 10 heteroatoms. The van der Waals surface area contributed by atoms with Crippen molar-refractivity contribution in [2.24, 2.45) is 0 Å². The number of pyridine rings is 2. The Balaban J connectivity index is 1.34. The number of nitrogens with zero attached hydrogens (tertiary/aromatic N) is 5. The summed E-state index contributed by atoms with van der Waals surface area (Å²) in [6.07, 6.45) is 5.47. The van der Waals surface area contributed by atoms with Gasteiger partial charge >= 0.3 is 0 Å². The Morgan fingerprint density at radius 2 is 1.64 bits per heavy atom. The van der Waals surface area contributed by atoms with Crippen LogP contribution in [0.5, 0.6) is 0 Å². The van der Waals surface area contributed by atoms with Crippen LogP contribution in [0.15, 0.2) is 113 Å². The molecule has 1 aliphatic heterocycles. The predicted octanol–water partition coefficient (Wildman–Crippen LogP) is 7.18. The summed E-state index contributed by atoms with van der Waals surface area (Å²) in [5.41, 5.74) is 6.72. The SMILES string of the molecule is Cc1cc([C@H]2[C@H](c3ccccn3)NC(=S)N2c2ccc(Sc3ccc([N+](=O)[O-])cc3)cc2)c(C)n1Cc1ccncc1. The van der Waals surface area contributed by atoms with E-state index < -0.39 is 0 Å². The Kier molecular flexibility index (Phi) is 7.73. The molecule has 8 nitrogen and oxygen atoms in total. The van der Waals surface area contributed by atoms with Gasteiger partial charge in [0, 0.05) is 64.1 Å². The molecule has 2 aromatic carbocycles. The smallest absolute Gasteiger partial charge is 0.269 e. The van der Waals surface area contributed by atoms with Crippen LogP contribution in [0.1, 0.15) is 40.3 Å². The van der Waals surface area contributed by atoms with Gasteiger partial charge in [-0.1, -0.05) is 17.8 Å². The summed E-state index contributed by atoms with van der Waals surface area (Å²) in [5.74, 6) is 0. The van der Waals surface area contributed by atoms with Gasteiger partial charge in [-0.3, -0.25) is 20.1 Å². The van der Waals surface area contributed by atoms with Gasteiger partial charge in [-0.15, -0.1) is 0 Å². The third-order valence-electron chi connectivity index (χ3n) is 7.52. The zero-order valence-electron chi connectivity index (χ0n) is 23.0. The largest absolute Gasteiger partial charge is 0.351 e. The van der Waals surface area contributed by atoms with Crippen molar-refractivity contribution in [1.82, 2.24) is 19.9 Å². The lowest BCUT2D eigenvalue weighted by atomic mass is 9.96. The van der Waals surface area contributed by atoms with E-state index in [1.54, 1.807) is 23.9 Å². The Hall–Kier alpha value is -4.54. The van der Waals surface area contributed by atoms with Crippen molar-refractivity contribution in [3.8, 4) is 0 Å². The number of hydrogen-bond acceptors (Lipinski definition) is 6. The van der Waals surface area contributed by atoms with Crippen LogP contribution >= 0.6 is 24.0 Å². The number of anilines is 1. The maximum Gasteiger partial charge on any atom is 0.269 e. The summed E-state index contributed by atoms with van der Waals surface area (Å²) in [5, 5.41) is 15.2. The van der Waals surface area contributed by atoms with Crippen LogP contribution in [0.3, 0.4) is 0 Å². The summed E-state index contributed by atoms with van der Waals surface area (Å²) in [4.78, 5) is 23.6. The minimum atomic E-state index is -0.387. The van der Waals surface area contributed by atoms with Crippen molar-refractivity contribution in [3.05, 3.63) is 142 Å². The average Bonchev–Trinajstić information content (AvgIpc) is 3.49. The first-order valence-corrected chi connectivity index (χ1v) is 14.7. The molecule has 0 saturated carbocycles. The van der Waals surface area contributed by atoms with E-state index in [2.05, 4.69) is 63.9 Å². The zero-order chi connectivity index (χ0) is 29.2. The normalized spacial score (nSPS) is 16.4. The first kappa shape index (κ1) is 27.6. The van der Waals surface area contributed by atoms with Crippen LogP contribution in [0.4, 0.5) is 11.4 Å². The number of aryl methyl sites for hydroxylation is 1. The molecule has 2 atom stereocenters. The number of non-ortho nitro benzene ring substituents is 1. The lowest BCUT2D eigenvalue weighted by Gasteiger charge is -2.28. The first-order valence-electron chi connectivity index (χ1n) is 13.5. The van der Waals surface area contributed by atoms with Crippen molar-refractivity contribution >= 4 is 40.5 Å². The molecule has 1 aliphatic rings. The van der Waals surface area contributed by atoms with Crippen LogP contribution in [0.25, 0.3) is 0 Å². The molecule has 1 saturated heterocycles. The van der Waals surface area contributed by atoms with E-state index in [4.69, 9.17) is 17.2 Å². The van der Waals surface area contributed by atoms with Gasteiger partial charge in [0.2, 0.25) is 0 Å². The van der Waals surface area contributed by atoms with Crippen molar-refractivity contribution in [2.45, 2.75) is 42.3 Å². The molecule has 3 aromatic heterocycles. The minimum absolute atomic E-state index is 0.0818. The fraction of sp³-hybridized carbons (Fsp3) is 0.156. The Morgan fingerprint density at radius 3 is 2.29 bits per heavy atom. The van der Waals surface area contributed by atoms with Crippen molar-refractivity contribution in [2.75, 3.05) is 4.90 Å². The Morgan fingerprint density at radius 1 is 0.952 bits per heavy atom. The fourth-order valence-corrected chi connectivity index (χ4v) is 6.60. The molecule has 5 aromatic rings. The predicted molar refractivity (Wildman–Crippen MR) is 169 cm³/mol.